The Hall–Kier alpha value is -2.04. The van der Waals surface area contributed by atoms with Crippen LogP contribution in [0, 0.1) is 5.92 Å². The first-order chi connectivity index (χ1) is 9.56. The fraction of sp³-hybridized carbons (Fsp3) is 0.467. The summed E-state index contributed by atoms with van der Waals surface area (Å²) in [5.41, 5.74) is 6.47. The van der Waals surface area contributed by atoms with Gasteiger partial charge in [0.2, 0.25) is 5.91 Å². The third-order valence-electron chi connectivity index (χ3n) is 4.05. The van der Waals surface area contributed by atoms with Gasteiger partial charge in [0.15, 0.2) is 5.84 Å². The molecule has 5 heteroatoms. The van der Waals surface area contributed by atoms with Crippen LogP contribution < -0.4 is 5.73 Å². The van der Waals surface area contributed by atoms with Gasteiger partial charge in [0.05, 0.1) is 0 Å². The van der Waals surface area contributed by atoms with E-state index in [9.17, 15) is 4.79 Å². The van der Waals surface area contributed by atoms with E-state index in [1.54, 1.807) is 11.9 Å². The fourth-order valence-corrected chi connectivity index (χ4v) is 2.44. The zero-order valence-corrected chi connectivity index (χ0v) is 11.9. The third kappa shape index (κ3) is 2.92. The molecule has 0 saturated heterocycles. The lowest BCUT2D eigenvalue weighted by atomic mass is 9.95. The van der Waals surface area contributed by atoms with Crippen LogP contribution in [0.3, 0.4) is 0 Å². The van der Waals surface area contributed by atoms with E-state index in [2.05, 4.69) is 5.16 Å². The highest BCUT2D eigenvalue weighted by molar-refractivity contribution is 6.07. The number of hydrogen-bond acceptors (Lipinski definition) is 3. The second-order valence-electron chi connectivity index (χ2n) is 5.40. The molecule has 1 aromatic rings. The second-order valence-corrected chi connectivity index (χ2v) is 5.40. The lowest BCUT2D eigenvalue weighted by Gasteiger charge is -2.28. The molecule has 108 valence electrons. The summed E-state index contributed by atoms with van der Waals surface area (Å²) in [6, 6.07) is 9.36. The van der Waals surface area contributed by atoms with Crippen LogP contribution in [-0.2, 0) is 4.79 Å². The number of nitrogens with two attached hydrogens (primary N) is 1. The van der Waals surface area contributed by atoms with Gasteiger partial charge in [0, 0.05) is 13.1 Å². The van der Waals surface area contributed by atoms with Crippen LogP contribution in [-0.4, -0.2) is 34.9 Å². The van der Waals surface area contributed by atoms with Crippen LogP contribution in [0.25, 0.3) is 0 Å². The molecular weight excluding hydrogens is 254 g/mol. The van der Waals surface area contributed by atoms with Crippen molar-refractivity contribution in [2.45, 2.75) is 31.7 Å². The summed E-state index contributed by atoms with van der Waals surface area (Å²) in [4.78, 5) is 14.4. The molecule has 0 aliphatic heterocycles. The Morgan fingerprint density at radius 2 is 2.00 bits per heavy atom. The number of rotatable bonds is 5. The van der Waals surface area contributed by atoms with E-state index in [0.717, 1.165) is 5.56 Å². The van der Waals surface area contributed by atoms with Gasteiger partial charge in [-0.15, -0.1) is 0 Å². The number of likely N-dealkylation sites (N-methyl/N-ethyl adjacent to an activating group) is 1. The van der Waals surface area contributed by atoms with Crippen molar-refractivity contribution in [3.63, 3.8) is 0 Å². The average Bonchev–Trinajstić information content (AvgIpc) is 3.31. The minimum absolute atomic E-state index is 0.0731. The summed E-state index contributed by atoms with van der Waals surface area (Å²) in [6.07, 6.45) is 2.33. The minimum atomic E-state index is -0.729. The van der Waals surface area contributed by atoms with E-state index in [-0.39, 0.29) is 17.8 Å². The van der Waals surface area contributed by atoms with E-state index in [0.29, 0.717) is 5.92 Å². The summed E-state index contributed by atoms with van der Waals surface area (Å²) in [5.74, 6) is -0.359. The van der Waals surface area contributed by atoms with Gasteiger partial charge in [-0.3, -0.25) is 4.79 Å². The molecule has 0 bridgehead atoms. The number of nitrogens with zero attached hydrogens (tertiary/aromatic N) is 2. The Balaban J connectivity index is 2.24. The highest BCUT2D eigenvalue weighted by Gasteiger charge is 2.36. The van der Waals surface area contributed by atoms with Crippen molar-refractivity contribution in [3.05, 3.63) is 35.9 Å². The van der Waals surface area contributed by atoms with Gasteiger partial charge in [-0.1, -0.05) is 35.5 Å². The maximum atomic E-state index is 12.7. The maximum Gasteiger partial charge on any atom is 0.237 e. The van der Waals surface area contributed by atoms with Crippen molar-refractivity contribution in [1.82, 2.24) is 4.90 Å². The Labute approximate surface area is 119 Å². The van der Waals surface area contributed by atoms with E-state index in [4.69, 9.17) is 10.9 Å². The summed E-state index contributed by atoms with van der Waals surface area (Å²) < 4.78 is 0. The third-order valence-corrected chi connectivity index (χ3v) is 4.05. The number of oxime groups is 1. The number of benzene rings is 1. The summed E-state index contributed by atoms with van der Waals surface area (Å²) >= 11 is 0. The van der Waals surface area contributed by atoms with Gasteiger partial charge in [0.1, 0.15) is 5.92 Å². The first-order valence-electron chi connectivity index (χ1n) is 6.85. The molecule has 0 radical (unpaired) electrons. The van der Waals surface area contributed by atoms with E-state index >= 15 is 0 Å². The van der Waals surface area contributed by atoms with E-state index in [1.165, 1.54) is 12.8 Å². The van der Waals surface area contributed by atoms with Crippen molar-refractivity contribution >= 4 is 11.7 Å². The number of carbonyl (C=O) groups is 1. The molecule has 2 rings (SSSR count). The van der Waals surface area contributed by atoms with Gasteiger partial charge in [-0.25, -0.2) is 0 Å². The molecule has 0 spiro atoms. The van der Waals surface area contributed by atoms with Crippen LogP contribution in [0.5, 0.6) is 0 Å². The van der Waals surface area contributed by atoms with Crippen molar-refractivity contribution in [1.29, 1.82) is 0 Å². The SMILES string of the molecule is CC(C1CC1)N(C)C(=O)C(C(N)=NO)c1ccccc1. The molecule has 2 atom stereocenters. The summed E-state index contributed by atoms with van der Waals surface area (Å²) in [7, 11) is 1.78. The number of carbonyl (C=O) groups excluding carboxylic acids is 1. The molecule has 0 aromatic heterocycles. The van der Waals surface area contributed by atoms with Gasteiger partial charge in [0.25, 0.3) is 0 Å². The quantitative estimate of drug-likeness (QED) is 0.372. The molecule has 1 saturated carbocycles. The van der Waals surface area contributed by atoms with Crippen molar-refractivity contribution in [3.8, 4) is 0 Å². The molecule has 1 amide bonds. The van der Waals surface area contributed by atoms with Crippen LogP contribution in [0.15, 0.2) is 35.5 Å². The van der Waals surface area contributed by atoms with Gasteiger partial charge < -0.3 is 15.8 Å². The zero-order valence-electron chi connectivity index (χ0n) is 11.9. The fourth-order valence-electron chi connectivity index (χ4n) is 2.44. The van der Waals surface area contributed by atoms with Crippen LogP contribution >= 0.6 is 0 Å². The average molecular weight is 275 g/mol. The molecule has 2 unspecified atom stereocenters. The Bertz CT molecular complexity index is 497. The van der Waals surface area contributed by atoms with Crippen LogP contribution in [0.2, 0.25) is 0 Å². The molecule has 0 heterocycles. The zero-order chi connectivity index (χ0) is 14.7. The number of amidine groups is 1. The Morgan fingerprint density at radius 1 is 1.40 bits per heavy atom. The summed E-state index contributed by atoms with van der Waals surface area (Å²) in [5, 5.41) is 12.0. The van der Waals surface area contributed by atoms with Gasteiger partial charge >= 0.3 is 0 Å². The Kier molecular flexibility index (Phi) is 4.27. The van der Waals surface area contributed by atoms with Crippen molar-refractivity contribution < 1.29 is 10.0 Å². The standard InChI is InChI=1S/C15H21N3O2/c1-10(11-8-9-11)18(2)15(19)13(14(16)17-20)12-6-4-3-5-7-12/h3-7,10-11,13,20H,8-9H2,1-2H3,(H2,16,17). The lowest BCUT2D eigenvalue weighted by molar-refractivity contribution is -0.132. The molecule has 20 heavy (non-hydrogen) atoms. The molecule has 5 nitrogen and oxygen atoms in total. The van der Waals surface area contributed by atoms with E-state index in [1.807, 2.05) is 37.3 Å². The van der Waals surface area contributed by atoms with Gasteiger partial charge in [-0.05, 0) is 31.2 Å². The van der Waals surface area contributed by atoms with E-state index < -0.39 is 5.92 Å². The normalized spacial score (nSPS) is 18.4. The smallest absolute Gasteiger partial charge is 0.237 e. The number of hydrogen-bond donors (Lipinski definition) is 2. The van der Waals surface area contributed by atoms with Crippen LogP contribution in [0.1, 0.15) is 31.2 Å². The largest absolute Gasteiger partial charge is 0.409 e. The van der Waals surface area contributed by atoms with Crippen molar-refractivity contribution in [2.24, 2.45) is 16.8 Å². The Morgan fingerprint density at radius 3 is 2.50 bits per heavy atom. The minimum Gasteiger partial charge on any atom is -0.409 e. The topological polar surface area (TPSA) is 78.9 Å². The molecule has 1 aliphatic carbocycles. The molecular formula is C15H21N3O2. The molecule has 1 aliphatic rings. The molecule has 3 N–H and O–H groups in total. The maximum absolute atomic E-state index is 12.7. The first kappa shape index (κ1) is 14.4. The second kappa shape index (κ2) is 5.94. The highest BCUT2D eigenvalue weighted by Crippen LogP contribution is 2.35. The summed E-state index contributed by atoms with van der Waals surface area (Å²) in [6.45, 7) is 2.05. The predicted octanol–water partition coefficient (Wildman–Crippen LogP) is 1.77. The lowest BCUT2D eigenvalue weighted by Crippen LogP contribution is -2.43. The predicted molar refractivity (Wildman–Crippen MR) is 77.5 cm³/mol. The van der Waals surface area contributed by atoms with Crippen molar-refractivity contribution in [2.75, 3.05) is 7.05 Å². The molecule has 1 aromatic carbocycles. The number of amides is 1. The monoisotopic (exact) mass is 275 g/mol. The highest BCUT2D eigenvalue weighted by atomic mass is 16.4. The molecule has 1 fully saturated rings. The van der Waals surface area contributed by atoms with Gasteiger partial charge in [-0.2, -0.15) is 0 Å². The first-order valence-corrected chi connectivity index (χ1v) is 6.85. The van der Waals surface area contributed by atoms with Crippen LogP contribution in [0.4, 0.5) is 0 Å².